The van der Waals surface area contributed by atoms with Crippen LogP contribution < -0.4 is 11.1 Å². The summed E-state index contributed by atoms with van der Waals surface area (Å²) in [7, 11) is 0. The second-order valence-corrected chi connectivity index (χ2v) is 6.00. The van der Waals surface area contributed by atoms with E-state index < -0.39 is 0 Å². The summed E-state index contributed by atoms with van der Waals surface area (Å²) in [5.74, 6) is 0.332. The number of amides is 1. The fourth-order valence-corrected chi connectivity index (χ4v) is 3.75. The molecule has 1 amide bonds. The maximum absolute atomic E-state index is 12.4. The molecule has 0 radical (unpaired) electrons. The number of hydrogen-bond acceptors (Lipinski definition) is 3. The molecular formula is C18H21Cl2N3O. The molecule has 1 saturated heterocycles. The van der Waals surface area contributed by atoms with Gasteiger partial charge in [0.15, 0.2) is 0 Å². The van der Waals surface area contributed by atoms with E-state index >= 15 is 0 Å². The number of nitrogen functional groups attached to an aromatic ring is 1. The average molecular weight is 366 g/mol. The van der Waals surface area contributed by atoms with Gasteiger partial charge in [0.05, 0.1) is 0 Å². The van der Waals surface area contributed by atoms with E-state index in [-0.39, 0.29) is 42.7 Å². The predicted molar refractivity (Wildman–Crippen MR) is 101 cm³/mol. The van der Waals surface area contributed by atoms with Gasteiger partial charge >= 0.3 is 0 Å². The highest BCUT2D eigenvalue weighted by atomic mass is 35.5. The molecule has 24 heavy (non-hydrogen) atoms. The van der Waals surface area contributed by atoms with Crippen LogP contribution in [0.3, 0.4) is 0 Å². The molecule has 2 atom stereocenters. The van der Waals surface area contributed by atoms with Crippen molar-refractivity contribution in [2.45, 2.75) is 12.0 Å². The first-order valence-electron chi connectivity index (χ1n) is 7.70. The van der Waals surface area contributed by atoms with Crippen LogP contribution in [0.1, 0.15) is 28.7 Å². The lowest BCUT2D eigenvalue weighted by atomic mass is 9.80. The van der Waals surface area contributed by atoms with E-state index in [0.29, 0.717) is 12.2 Å². The molecule has 2 aromatic rings. The first-order valence-corrected chi connectivity index (χ1v) is 7.70. The van der Waals surface area contributed by atoms with Crippen LogP contribution >= 0.6 is 24.8 Å². The minimum Gasteiger partial charge on any atom is -0.398 e. The topological polar surface area (TPSA) is 58.4 Å². The molecule has 2 aliphatic heterocycles. The summed E-state index contributed by atoms with van der Waals surface area (Å²) in [6, 6.07) is 16.2. The van der Waals surface area contributed by atoms with Crippen molar-refractivity contribution < 1.29 is 4.79 Å². The number of anilines is 1. The smallest absolute Gasteiger partial charge is 0.242 e. The van der Waals surface area contributed by atoms with Crippen molar-refractivity contribution in [3.8, 4) is 0 Å². The van der Waals surface area contributed by atoms with E-state index in [1.54, 1.807) is 0 Å². The number of fused-ring (bicyclic) bond motifs is 3. The summed E-state index contributed by atoms with van der Waals surface area (Å²) < 4.78 is 0. The molecule has 1 fully saturated rings. The molecule has 0 bridgehead atoms. The molecule has 4 nitrogen and oxygen atoms in total. The van der Waals surface area contributed by atoms with Gasteiger partial charge in [-0.05, 0) is 17.2 Å². The molecule has 2 heterocycles. The summed E-state index contributed by atoms with van der Waals surface area (Å²) >= 11 is 0. The summed E-state index contributed by atoms with van der Waals surface area (Å²) in [6.07, 6.45) is 0. The van der Waals surface area contributed by atoms with Gasteiger partial charge in [0.25, 0.3) is 0 Å². The zero-order valence-corrected chi connectivity index (χ0v) is 14.8. The van der Waals surface area contributed by atoms with Crippen LogP contribution in [0.15, 0.2) is 48.5 Å². The zero-order valence-electron chi connectivity index (χ0n) is 13.1. The third-order valence-corrected chi connectivity index (χ3v) is 4.75. The van der Waals surface area contributed by atoms with E-state index in [0.717, 1.165) is 18.7 Å². The quantitative estimate of drug-likeness (QED) is 0.763. The molecule has 0 saturated carbocycles. The molecule has 2 unspecified atom stereocenters. The summed E-state index contributed by atoms with van der Waals surface area (Å²) in [5.41, 5.74) is 10.4. The molecular weight excluding hydrogens is 345 g/mol. The van der Waals surface area contributed by atoms with Gasteiger partial charge in [-0.3, -0.25) is 9.69 Å². The summed E-state index contributed by atoms with van der Waals surface area (Å²) in [6.45, 7) is 2.44. The average Bonchev–Trinajstić information content (AvgIpc) is 2.55. The highest BCUT2D eigenvalue weighted by Crippen LogP contribution is 2.42. The molecule has 0 aromatic heterocycles. The maximum Gasteiger partial charge on any atom is 0.242 e. The minimum absolute atomic E-state index is 0. The van der Waals surface area contributed by atoms with Crippen LogP contribution in [0, 0.1) is 0 Å². The van der Waals surface area contributed by atoms with Gasteiger partial charge < -0.3 is 11.1 Å². The van der Waals surface area contributed by atoms with Crippen molar-refractivity contribution in [2.75, 3.05) is 25.4 Å². The Balaban J connectivity index is 0.00000104. The first-order chi connectivity index (χ1) is 10.8. The third kappa shape index (κ3) is 2.97. The second-order valence-electron chi connectivity index (χ2n) is 6.00. The molecule has 4 rings (SSSR count). The zero-order chi connectivity index (χ0) is 15.1. The first kappa shape index (κ1) is 18.6. The van der Waals surface area contributed by atoms with E-state index in [2.05, 4.69) is 40.5 Å². The van der Waals surface area contributed by atoms with Gasteiger partial charge in [0.2, 0.25) is 5.91 Å². The van der Waals surface area contributed by atoms with E-state index in [1.165, 1.54) is 11.1 Å². The SMILES string of the molecule is Cl.Cl.Nc1cccc2c1C1C(=O)NCCN1CC2c1ccccc1. The van der Waals surface area contributed by atoms with E-state index in [9.17, 15) is 4.79 Å². The van der Waals surface area contributed by atoms with Crippen molar-refractivity contribution in [1.82, 2.24) is 10.2 Å². The number of carbonyl (C=O) groups is 1. The Labute approximate surface area is 154 Å². The Morgan fingerprint density at radius 3 is 2.54 bits per heavy atom. The van der Waals surface area contributed by atoms with Gasteiger partial charge in [-0.25, -0.2) is 0 Å². The fraction of sp³-hybridized carbons (Fsp3) is 0.278. The van der Waals surface area contributed by atoms with Crippen molar-refractivity contribution >= 4 is 36.4 Å². The number of benzene rings is 2. The number of halogens is 2. The number of nitrogens with zero attached hydrogens (tertiary/aromatic N) is 1. The Kier molecular flexibility index (Phi) is 5.75. The monoisotopic (exact) mass is 365 g/mol. The van der Waals surface area contributed by atoms with Crippen LogP contribution in [0.2, 0.25) is 0 Å². The predicted octanol–water partition coefficient (Wildman–Crippen LogP) is 2.73. The van der Waals surface area contributed by atoms with Crippen LogP contribution in [0.5, 0.6) is 0 Å². The van der Waals surface area contributed by atoms with E-state index in [4.69, 9.17) is 5.73 Å². The Morgan fingerprint density at radius 1 is 1.04 bits per heavy atom. The lowest BCUT2D eigenvalue weighted by Gasteiger charge is -2.43. The van der Waals surface area contributed by atoms with E-state index in [1.807, 2.05) is 18.2 Å². The molecule has 6 heteroatoms. The van der Waals surface area contributed by atoms with Gasteiger partial charge in [0, 0.05) is 36.8 Å². The van der Waals surface area contributed by atoms with Crippen LogP contribution in [0.4, 0.5) is 5.69 Å². The Morgan fingerprint density at radius 2 is 1.79 bits per heavy atom. The molecule has 0 aliphatic carbocycles. The largest absolute Gasteiger partial charge is 0.398 e. The third-order valence-electron chi connectivity index (χ3n) is 4.75. The Hall–Kier alpha value is -1.75. The van der Waals surface area contributed by atoms with Gasteiger partial charge in [-0.1, -0.05) is 42.5 Å². The standard InChI is InChI=1S/C18H19N3O.2ClH/c19-15-8-4-7-13-14(12-5-2-1-3-6-12)11-21-10-9-20-18(22)17(21)16(13)15;;/h1-8,14,17H,9-11,19H2,(H,20,22);2*1H. The van der Waals surface area contributed by atoms with Crippen LogP contribution in [0.25, 0.3) is 0 Å². The molecule has 2 aromatic carbocycles. The van der Waals surface area contributed by atoms with Crippen LogP contribution in [-0.2, 0) is 4.79 Å². The number of hydrogen-bond donors (Lipinski definition) is 2. The minimum atomic E-state index is -0.245. The van der Waals surface area contributed by atoms with Gasteiger partial charge in [-0.15, -0.1) is 24.8 Å². The van der Waals surface area contributed by atoms with Crippen molar-refractivity contribution in [3.05, 3.63) is 65.2 Å². The van der Waals surface area contributed by atoms with Gasteiger partial charge in [0.1, 0.15) is 6.04 Å². The Bertz CT molecular complexity index is 723. The normalized spacial score (nSPS) is 22.2. The lowest BCUT2D eigenvalue weighted by molar-refractivity contribution is -0.129. The molecule has 0 spiro atoms. The highest BCUT2D eigenvalue weighted by Gasteiger charge is 2.40. The van der Waals surface area contributed by atoms with Crippen molar-refractivity contribution in [2.24, 2.45) is 0 Å². The number of carbonyl (C=O) groups excluding carboxylic acids is 1. The number of piperazine rings is 1. The van der Waals surface area contributed by atoms with Gasteiger partial charge in [-0.2, -0.15) is 0 Å². The number of nitrogens with two attached hydrogens (primary N) is 1. The maximum atomic E-state index is 12.4. The summed E-state index contributed by atoms with van der Waals surface area (Å²) in [4.78, 5) is 14.6. The molecule has 3 N–H and O–H groups in total. The molecule has 128 valence electrons. The fourth-order valence-electron chi connectivity index (χ4n) is 3.75. The highest BCUT2D eigenvalue weighted by molar-refractivity contribution is 5.87. The van der Waals surface area contributed by atoms with Crippen molar-refractivity contribution in [1.29, 1.82) is 0 Å². The van der Waals surface area contributed by atoms with Crippen LogP contribution in [-0.4, -0.2) is 30.4 Å². The van der Waals surface area contributed by atoms with Crippen molar-refractivity contribution in [3.63, 3.8) is 0 Å². The second kappa shape index (κ2) is 7.43. The summed E-state index contributed by atoms with van der Waals surface area (Å²) in [5, 5.41) is 2.97. The number of rotatable bonds is 1. The number of nitrogens with one attached hydrogen (secondary N) is 1. The molecule has 2 aliphatic rings. The lowest BCUT2D eigenvalue weighted by Crippen LogP contribution is -2.53.